The fourth-order valence-corrected chi connectivity index (χ4v) is 2.34. The monoisotopic (exact) mass is 290 g/mol. The van der Waals surface area contributed by atoms with E-state index in [1.165, 1.54) is 12.8 Å². The molecule has 1 aliphatic rings. The minimum atomic E-state index is -1.02. The Morgan fingerprint density at radius 1 is 1.29 bits per heavy atom. The fraction of sp³-hybridized carbons (Fsp3) is 0.500. The van der Waals surface area contributed by atoms with Crippen LogP contribution in [0.15, 0.2) is 30.3 Å². The Kier molecular flexibility index (Phi) is 5.20. The van der Waals surface area contributed by atoms with E-state index in [2.05, 4.69) is 17.6 Å². The zero-order valence-corrected chi connectivity index (χ0v) is 12.2. The second-order valence-electron chi connectivity index (χ2n) is 5.75. The van der Waals surface area contributed by atoms with Crippen LogP contribution in [0.25, 0.3) is 0 Å². The molecule has 0 spiro atoms. The molecule has 2 amide bonds. The van der Waals surface area contributed by atoms with Gasteiger partial charge in [-0.05, 0) is 30.2 Å². The van der Waals surface area contributed by atoms with Gasteiger partial charge in [-0.1, -0.05) is 37.3 Å². The van der Waals surface area contributed by atoms with Gasteiger partial charge in [-0.3, -0.25) is 0 Å². The highest BCUT2D eigenvalue weighted by Gasteiger charge is 2.28. The number of nitrogens with one attached hydrogen (secondary N) is 2. The lowest BCUT2D eigenvalue weighted by Crippen LogP contribution is -2.48. The van der Waals surface area contributed by atoms with Gasteiger partial charge >= 0.3 is 12.0 Å². The van der Waals surface area contributed by atoms with Crippen molar-refractivity contribution in [2.75, 3.05) is 6.54 Å². The summed E-state index contributed by atoms with van der Waals surface area (Å²) in [5.74, 6) is 0.141. The van der Waals surface area contributed by atoms with Crippen molar-refractivity contribution in [3.63, 3.8) is 0 Å². The van der Waals surface area contributed by atoms with E-state index in [9.17, 15) is 14.7 Å². The maximum Gasteiger partial charge on any atom is 0.326 e. The molecule has 0 aromatic heterocycles. The van der Waals surface area contributed by atoms with Gasteiger partial charge in [0.2, 0.25) is 0 Å². The number of carbonyl (C=O) groups is 2. The molecule has 0 heterocycles. The van der Waals surface area contributed by atoms with Crippen LogP contribution in [-0.4, -0.2) is 29.7 Å². The number of urea groups is 1. The van der Waals surface area contributed by atoms with E-state index in [1.807, 2.05) is 30.3 Å². The zero-order chi connectivity index (χ0) is 15.2. The van der Waals surface area contributed by atoms with Crippen LogP contribution in [0.1, 0.15) is 25.3 Å². The van der Waals surface area contributed by atoms with Crippen molar-refractivity contribution in [3.05, 3.63) is 35.9 Å². The van der Waals surface area contributed by atoms with Crippen molar-refractivity contribution < 1.29 is 14.7 Å². The van der Waals surface area contributed by atoms with Crippen LogP contribution in [0.2, 0.25) is 0 Å². The Morgan fingerprint density at radius 3 is 2.52 bits per heavy atom. The van der Waals surface area contributed by atoms with E-state index in [4.69, 9.17) is 0 Å². The SMILES string of the molecule is CC(CNC(=O)N[C@@H](Cc1ccccc1)C(=O)O)C1CC1. The van der Waals surface area contributed by atoms with E-state index in [0.29, 0.717) is 18.4 Å². The molecule has 0 aliphatic heterocycles. The third kappa shape index (κ3) is 5.10. The second kappa shape index (κ2) is 7.11. The molecule has 2 atom stereocenters. The normalized spacial score (nSPS) is 16.8. The smallest absolute Gasteiger partial charge is 0.326 e. The van der Waals surface area contributed by atoms with Gasteiger partial charge in [0.1, 0.15) is 6.04 Å². The van der Waals surface area contributed by atoms with Crippen molar-refractivity contribution in [3.8, 4) is 0 Å². The lowest BCUT2D eigenvalue weighted by atomic mass is 10.1. The van der Waals surface area contributed by atoms with Gasteiger partial charge in [-0.15, -0.1) is 0 Å². The predicted molar refractivity (Wildman–Crippen MR) is 80.0 cm³/mol. The number of hydrogen-bond donors (Lipinski definition) is 3. The summed E-state index contributed by atoms with van der Waals surface area (Å²) in [4.78, 5) is 23.1. The predicted octanol–water partition coefficient (Wildman–Crippen LogP) is 2.03. The molecule has 1 aromatic carbocycles. The average molecular weight is 290 g/mol. The van der Waals surface area contributed by atoms with Gasteiger partial charge in [-0.25, -0.2) is 9.59 Å². The first kappa shape index (κ1) is 15.4. The number of benzene rings is 1. The first-order chi connectivity index (χ1) is 10.1. The highest BCUT2D eigenvalue weighted by molar-refractivity contribution is 5.82. The van der Waals surface area contributed by atoms with E-state index in [0.717, 1.165) is 5.56 Å². The van der Waals surface area contributed by atoms with E-state index < -0.39 is 18.0 Å². The molecule has 5 nitrogen and oxygen atoms in total. The summed E-state index contributed by atoms with van der Waals surface area (Å²) < 4.78 is 0. The van der Waals surface area contributed by atoms with Crippen molar-refractivity contribution in [2.24, 2.45) is 11.8 Å². The lowest BCUT2D eigenvalue weighted by molar-refractivity contribution is -0.139. The first-order valence-corrected chi connectivity index (χ1v) is 7.37. The van der Waals surface area contributed by atoms with E-state index in [1.54, 1.807) is 0 Å². The molecule has 1 fully saturated rings. The summed E-state index contributed by atoms with van der Waals surface area (Å²) in [6.45, 7) is 2.70. The number of carbonyl (C=O) groups excluding carboxylic acids is 1. The quantitative estimate of drug-likeness (QED) is 0.719. The minimum absolute atomic E-state index is 0.280. The molecule has 0 saturated heterocycles. The van der Waals surface area contributed by atoms with Gasteiger partial charge in [0, 0.05) is 13.0 Å². The van der Waals surface area contributed by atoms with E-state index >= 15 is 0 Å². The third-order valence-corrected chi connectivity index (χ3v) is 3.90. The molecule has 1 aromatic rings. The largest absolute Gasteiger partial charge is 0.480 e. The summed E-state index contributed by atoms with van der Waals surface area (Å²) in [5, 5.41) is 14.5. The van der Waals surface area contributed by atoms with Crippen LogP contribution < -0.4 is 10.6 Å². The summed E-state index contributed by atoms with van der Waals surface area (Å²) in [5.41, 5.74) is 0.886. The van der Waals surface area contributed by atoms with Gasteiger partial charge in [0.25, 0.3) is 0 Å². The molecule has 0 radical (unpaired) electrons. The van der Waals surface area contributed by atoms with Crippen LogP contribution in [-0.2, 0) is 11.2 Å². The molecule has 21 heavy (non-hydrogen) atoms. The molecule has 2 rings (SSSR count). The van der Waals surface area contributed by atoms with Crippen LogP contribution in [0.5, 0.6) is 0 Å². The Hall–Kier alpha value is -2.04. The lowest BCUT2D eigenvalue weighted by Gasteiger charge is -2.17. The van der Waals surface area contributed by atoms with Gasteiger partial charge in [0.15, 0.2) is 0 Å². The van der Waals surface area contributed by atoms with Crippen LogP contribution in [0.4, 0.5) is 4.79 Å². The third-order valence-electron chi connectivity index (χ3n) is 3.90. The Bertz CT molecular complexity index is 486. The highest BCUT2D eigenvalue weighted by Crippen LogP contribution is 2.35. The standard InChI is InChI=1S/C16H22N2O3/c1-11(13-7-8-13)10-17-16(21)18-14(15(19)20)9-12-5-3-2-4-6-12/h2-6,11,13-14H,7-10H2,1H3,(H,19,20)(H2,17,18,21)/t11?,14-/m0/s1. The van der Waals surface area contributed by atoms with E-state index in [-0.39, 0.29) is 6.42 Å². The topological polar surface area (TPSA) is 78.4 Å². The maximum atomic E-state index is 11.8. The number of hydrogen-bond acceptors (Lipinski definition) is 2. The molecule has 5 heteroatoms. The van der Waals surface area contributed by atoms with Crippen LogP contribution in [0, 0.1) is 11.8 Å². The van der Waals surface area contributed by atoms with Gasteiger partial charge in [0.05, 0.1) is 0 Å². The highest BCUT2D eigenvalue weighted by atomic mass is 16.4. The minimum Gasteiger partial charge on any atom is -0.480 e. The number of rotatable bonds is 7. The molecular formula is C16H22N2O3. The molecule has 0 bridgehead atoms. The average Bonchev–Trinajstić information content (AvgIpc) is 3.29. The van der Waals surface area contributed by atoms with Gasteiger partial charge in [-0.2, -0.15) is 0 Å². The van der Waals surface area contributed by atoms with Crippen molar-refractivity contribution >= 4 is 12.0 Å². The molecule has 1 aliphatic carbocycles. The number of aliphatic carboxylic acids is 1. The molecular weight excluding hydrogens is 268 g/mol. The summed E-state index contributed by atoms with van der Waals surface area (Å²) in [6.07, 6.45) is 2.74. The Balaban J connectivity index is 1.81. The van der Waals surface area contributed by atoms with Crippen molar-refractivity contribution in [2.45, 2.75) is 32.2 Å². The summed E-state index contributed by atoms with van der Waals surface area (Å²) >= 11 is 0. The second-order valence-corrected chi connectivity index (χ2v) is 5.75. The van der Waals surface area contributed by atoms with Crippen molar-refractivity contribution in [1.29, 1.82) is 0 Å². The summed E-state index contributed by atoms with van der Waals surface area (Å²) in [7, 11) is 0. The van der Waals surface area contributed by atoms with Crippen molar-refractivity contribution in [1.82, 2.24) is 10.6 Å². The number of amides is 2. The van der Waals surface area contributed by atoms with Gasteiger partial charge < -0.3 is 15.7 Å². The zero-order valence-electron chi connectivity index (χ0n) is 12.2. The maximum absolute atomic E-state index is 11.8. The Morgan fingerprint density at radius 2 is 1.95 bits per heavy atom. The summed E-state index contributed by atoms with van der Waals surface area (Å²) in [6, 6.07) is 7.96. The first-order valence-electron chi connectivity index (χ1n) is 7.37. The molecule has 114 valence electrons. The molecule has 3 N–H and O–H groups in total. The van der Waals surface area contributed by atoms with Crippen LogP contribution >= 0.6 is 0 Å². The van der Waals surface area contributed by atoms with Crippen LogP contribution in [0.3, 0.4) is 0 Å². The molecule has 1 saturated carbocycles. The Labute approximate surface area is 124 Å². The molecule has 1 unspecified atom stereocenters. The fourth-order valence-electron chi connectivity index (χ4n) is 2.34. The number of carboxylic acids is 1. The number of carboxylic acid groups (broad SMARTS) is 1.